The van der Waals surface area contributed by atoms with Crippen molar-refractivity contribution in [1.82, 2.24) is 4.90 Å². The minimum atomic E-state index is -0.632. The summed E-state index contributed by atoms with van der Waals surface area (Å²) in [6, 6.07) is 2.14. The van der Waals surface area contributed by atoms with E-state index in [2.05, 4.69) is 18.0 Å². The molecule has 0 aromatic carbocycles. The van der Waals surface area contributed by atoms with Crippen molar-refractivity contribution in [2.24, 2.45) is 11.7 Å². The molecule has 1 saturated carbocycles. The molecular weight excluding hydrogens is 198 g/mol. The maximum absolute atomic E-state index is 8.78. The third-order valence-corrected chi connectivity index (χ3v) is 3.54. The van der Waals surface area contributed by atoms with E-state index in [1.54, 1.807) is 0 Å². The highest BCUT2D eigenvalue weighted by Gasteiger charge is 2.19. The van der Waals surface area contributed by atoms with E-state index in [-0.39, 0.29) is 0 Å². The topological polar surface area (TPSA) is 53.0 Å². The van der Waals surface area contributed by atoms with Crippen LogP contribution in [0.5, 0.6) is 0 Å². The molecule has 0 amide bonds. The van der Waals surface area contributed by atoms with Crippen LogP contribution in [0.1, 0.15) is 45.4 Å². The zero-order valence-corrected chi connectivity index (χ0v) is 10.7. The van der Waals surface area contributed by atoms with Gasteiger partial charge in [-0.3, -0.25) is 0 Å². The molecule has 1 unspecified atom stereocenters. The Kier molecular flexibility index (Phi) is 5.24. The third kappa shape index (κ3) is 4.96. The first kappa shape index (κ1) is 13.5. The molecule has 1 aliphatic carbocycles. The summed E-state index contributed by atoms with van der Waals surface area (Å²) >= 11 is 0. The van der Waals surface area contributed by atoms with E-state index in [9.17, 15) is 0 Å². The van der Waals surface area contributed by atoms with E-state index in [0.29, 0.717) is 0 Å². The molecular formula is C13H25N3. The molecule has 0 bridgehead atoms. The average molecular weight is 223 g/mol. The minimum Gasteiger partial charge on any atom is -0.314 e. The van der Waals surface area contributed by atoms with Gasteiger partial charge in [0.1, 0.15) is 5.54 Å². The molecule has 0 saturated heterocycles. The highest BCUT2D eigenvalue weighted by atomic mass is 15.1. The van der Waals surface area contributed by atoms with E-state index in [0.717, 1.165) is 31.7 Å². The van der Waals surface area contributed by atoms with Crippen LogP contribution in [0, 0.1) is 17.2 Å². The van der Waals surface area contributed by atoms with Gasteiger partial charge < -0.3 is 10.6 Å². The first-order valence-corrected chi connectivity index (χ1v) is 6.42. The van der Waals surface area contributed by atoms with Crippen LogP contribution in [0.15, 0.2) is 0 Å². The van der Waals surface area contributed by atoms with E-state index >= 15 is 0 Å². The van der Waals surface area contributed by atoms with Crippen LogP contribution >= 0.6 is 0 Å². The second-order valence-corrected chi connectivity index (χ2v) is 5.55. The standard InChI is InChI=1S/C13H25N3/c1-13(15,11-14)8-3-4-9-16(2)10-12-6-5-7-12/h12H,3-10,15H2,1-2H3. The normalized spacial score (nSPS) is 20.2. The molecule has 0 spiro atoms. The summed E-state index contributed by atoms with van der Waals surface area (Å²) < 4.78 is 0. The predicted molar refractivity (Wildman–Crippen MR) is 66.9 cm³/mol. The van der Waals surface area contributed by atoms with E-state index < -0.39 is 5.54 Å². The van der Waals surface area contributed by atoms with Crippen LogP contribution in [0.2, 0.25) is 0 Å². The van der Waals surface area contributed by atoms with Gasteiger partial charge >= 0.3 is 0 Å². The quantitative estimate of drug-likeness (QED) is 0.673. The van der Waals surface area contributed by atoms with Gasteiger partial charge in [0.15, 0.2) is 0 Å². The van der Waals surface area contributed by atoms with E-state index in [1.165, 1.54) is 25.8 Å². The third-order valence-electron chi connectivity index (χ3n) is 3.54. The molecule has 0 radical (unpaired) electrons. The zero-order valence-electron chi connectivity index (χ0n) is 10.7. The van der Waals surface area contributed by atoms with Crippen molar-refractivity contribution in [3.8, 4) is 6.07 Å². The molecule has 1 aliphatic rings. The molecule has 3 heteroatoms. The fraction of sp³-hybridized carbons (Fsp3) is 0.923. The van der Waals surface area contributed by atoms with Crippen molar-refractivity contribution in [1.29, 1.82) is 5.26 Å². The SMILES string of the molecule is CN(CCCCC(C)(N)C#N)CC1CCC1. The summed E-state index contributed by atoms with van der Waals surface area (Å²) in [5, 5.41) is 8.78. The van der Waals surface area contributed by atoms with Gasteiger partial charge in [0, 0.05) is 6.54 Å². The van der Waals surface area contributed by atoms with Gasteiger partial charge in [-0.05, 0) is 58.5 Å². The van der Waals surface area contributed by atoms with Crippen molar-refractivity contribution in [3.05, 3.63) is 0 Å². The minimum absolute atomic E-state index is 0.632. The van der Waals surface area contributed by atoms with Crippen LogP contribution in [0.25, 0.3) is 0 Å². The molecule has 0 aromatic rings. The number of hydrogen-bond acceptors (Lipinski definition) is 3. The lowest BCUT2D eigenvalue weighted by Crippen LogP contribution is -2.34. The van der Waals surface area contributed by atoms with E-state index in [1.807, 2.05) is 6.92 Å². The largest absolute Gasteiger partial charge is 0.314 e. The summed E-state index contributed by atoms with van der Waals surface area (Å²) in [6.45, 7) is 4.20. The van der Waals surface area contributed by atoms with Gasteiger partial charge in [-0.25, -0.2) is 0 Å². The van der Waals surface area contributed by atoms with Crippen LogP contribution in [0.4, 0.5) is 0 Å². The number of nitrogens with zero attached hydrogens (tertiary/aromatic N) is 2. The maximum Gasteiger partial charge on any atom is 0.101 e. The Balaban J connectivity index is 2.00. The Morgan fingerprint density at radius 3 is 2.62 bits per heavy atom. The van der Waals surface area contributed by atoms with Crippen LogP contribution < -0.4 is 5.73 Å². The average Bonchev–Trinajstić information content (AvgIpc) is 2.19. The highest BCUT2D eigenvalue weighted by Crippen LogP contribution is 2.26. The van der Waals surface area contributed by atoms with Crippen LogP contribution in [-0.4, -0.2) is 30.6 Å². The molecule has 1 atom stereocenters. The summed E-state index contributed by atoms with van der Waals surface area (Å²) in [5.74, 6) is 0.948. The fourth-order valence-corrected chi connectivity index (χ4v) is 2.14. The molecule has 1 rings (SSSR count). The zero-order chi connectivity index (χ0) is 12.0. The Morgan fingerprint density at radius 1 is 1.44 bits per heavy atom. The van der Waals surface area contributed by atoms with Crippen molar-refractivity contribution in [2.75, 3.05) is 20.1 Å². The van der Waals surface area contributed by atoms with Crippen molar-refractivity contribution >= 4 is 0 Å². The number of nitrogens with two attached hydrogens (primary N) is 1. The maximum atomic E-state index is 8.78. The van der Waals surface area contributed by atoms with Crippen molar-refractivity contribution in [2.45, 2.75) is 51.0 Å². The first-order chi connectivity index (χ1) is 7.53. The Morgan fingerprint density at radius 2 is 2.12 bits per heavy atom. The highest BCUT2D eigenvalue weighted by molar-refractivity contribution is 5.00. The molecule has 1 fully saturated rings. The molecule has 3 nitrogen and oxygen atoms in total. The second-order valence-electron chi connectivity index (χ2n) is 5.55. The fourth-order valence-electron chi connectivity index (χ4n) is 2.14. The van der Waals surface area contributed by atoms with Gasteiger partial charge in [-0.15, -0.1) is 0 Å². The second kappa shape index (κ2) is 6.22. The lowest BCUT2D eigenvalue weighted by molar-refractivity contribution is 0.202. The Bertz CT molecular complexity index is 238. The number of unbranched alkanes of at least 4 members (excludes halogenated alkanes) is 1. The summed E-state index contributed by atoms with van der Waals surface area (Å²) in [6.07, 6.45) is 7.26. The first-order valence-electron chi connectivity index (χ1n) is 6.42. The lowest BCUT2D eigenvalue weighted by Gasteiger charge is -2.30. The Hall–Kier alpha value is -0.590. The van der Waals surface area contributed by atoms with Crippen molar-refractivity contribution in [3.63, 3.8) is 0 Å². The summed E-state index contributed by atoms with van der Waals surface area (Å²) in [5.41, 5.74) is 5.14. The number of hydrogen-bond donors (Lipinski definition) is 1. The molecule has 2 N–H and O–H groups in total. The molecule has 0 heterocycles. The van der Waals surface area contributed by atoms with Gasteiger partial charge in [0.05, 0.1) is 6.07 Å². The molecule has 0 aromatic heterocycles. The molecule has 92 valence electrons. The Labute approximate surface area is 99.6 Å². The summed E-state index contributed by atoms with van der Waals surface area (Å²) in [4.78, 5) is 2.42. The van der Waals surface area contributed by atoms with Gasteiger partial charge in [-0.2, -0.15) is 5.26 Å². The van der Waals surface area contributed by atoms with Crippen LogP contribution in [-0.2, 0) is 0 Å². The predicted octanol–water partition coefficient (Wildman–Crippen LogP) is 2.13. The molecule has 16 heavy (non-hydrogen) atoms. The van der Waals surface area contributed by atoms with Gasteiger partial charge in [-0.1, -0.05) is 6.42 Å². The number of nitriles is 1. The smallest absolute Gasteiger partial charge is 0.101 e. The van der Waals surface area contributed by atoms with Gasteiger partial charge in [0.2, 0.25) is 0 Å². The van der Waals surface area contributed by atoms with E-state index in [4.69, 9.17) is 11.0 Å². The van der Waals surface area contributed by atoms with Gasteiger partial charge in [0.25, 0.3) is 0 Å². The molecule has 0 aliphatic heterocycles. The van der Waals surface area contributed by atoms with Crippen molar-refractivity contribution < 1.29 is 0 Å². The monoisotopic (exact) mass is 223 g/mol. The van der Waals surface area contributed by atoms with Crippen LogP contribution in [0.3, 0.4) is 0 Å². The summed E-state index contributed by atoms with van der Waals surface area (Å²) in [7, 11) is 2.20. The number of rotatable bonds is 7. The lowest BCUT2D eigenvalue weighted by atomic mass is 9.85.